The molecule has 1 N–H and O–H groups in total. The van der Waals surface area contributed by atoms with E-state index < -0.39 is 0 Å². The lowest BCUT2D eigenvalue weighted by Gasteiger charge is -2.14. The summed E-state index contributed by atoms with van der Waals surface area (Å²) in [6.07, 6.45) is 3.68. The van der Waals surface area contributed by atoms with Crippen LogP contribution in [0.3, 0.4) is 0 Å². The van der Waals surface area contributed by atoms with Gasteiger partial charge in [0.25, 0.3) is 5.70 Å². The van der Waals surface area contributed by atoms with Crippen LogP contribution in [-0.4, -0.2) is 11.5 Å². The predicted molar refractivity (Wildman–Crippen MR) is 48.5 cm³/mol. The molecule has 13 heavy (non-hydrogen) atoms. The van der Waals surface area contributed by atoms with Crippen molar-refractivity contribution in [2.75, 3.05) is 6.54 Å². The quantitative estimate of drug-likeness (QED) is 0.490. The lowest BCUT2D eigenvalue weighted by molar-refractivity contribution is -0.422. The smallest absolute Gasteiger partial charge is 0.288 e. The molecule has 2 aliphatic rings. The van der Waals surface area contributed by atoms with Gasteiger partial charge in [0.1, 0.15) is 5.70 Å². The number of nitro groups is 1. The van der Waals surface area contributed by atoms with Crippen molar-refractivity contribution in [2.45, 2.75) is 19.8 Å². The molecule has 1 atom stereocenters. The van der Waals surface area contributed by atoms with Crippen LogP contribution in [0.25, 0.3) is 0 Å². The molecule has 0 bridgehead atoms. The van der Waals surface area contributed by atoms with Gasteiger partial charge in [0.15, 0.2) is 0 Å². The van der Waals surface area contributed by atoms with Crippen molar-refractivity contribution in [3.63, 3.8) is 0 Å². The fourth-order valence-electron chi connectivity index (χ4n) is 2.02. The largest absolute Gasteiger partial charge is 0.379 e. The molecular weight excluding hydrogens is 168 g/mol. The fraction of sp³-hybridized carbons (Fsp3) is 0.556. The molecule has 2 rings (SSSR count). The van der Waals surface area contributed by atoms with Crippen LogP contribution in [0.5, 0.6) is 0 Å². The third-order valence-corrected chi connectivity index (χ3v) is 2.55. The Kier molecular flexibility index (Phi) is 1.83. The highest BCUT2D eigenvalue weighted by Crippen LogP contribution is 2.32. The molecule has 0 amide bonds. The molecule has 0 aromatic rings. The molecule has 1 unspecified atom stereocenters. The van der Waals surface area contributed by atoms with Crippen molar-refractivity contribution in [3.8, 4) is 0 Å². The molecule has 0 radical (unpaired) electrons. The highest BCUT2D eigenvalue weighted by atomic mass is 16.6. The maximum atomic E-state index is 10.7. The fourth-order valence-corrected chi connectivity index (χ4v) is 2.02. The van der Waals surface area contributed by atoms with Crippen LogP contribution in [0.4, 0.5) is 0 Å². The van der Waals surface area contributed by atoms with Crippen molar-refractivity contribution < 1.29 is 4.92 Å². The zero-order valence-corrected chi connectivity index (χ0v) is 7.54. The summed E-state index contributed by atoms with van der Waals surface area (Å²) in [5.41, 5.74) is 2.27. The minimum atomic E-state index is -0.288. The number of nitrogens with one attached hydrogen (secondary N) is 1. The second-order valence-electron chi connectivity index (χ2n) is 3.65. The maximum absolute atomic E-state index is 10.7. The second kappa shape index (κ2) is 2.87. The zero-order chi connectivity index (χ0) is 9.42. The van der Waals surface area contributed by atoms with E-state index in [9.17, 15) is 10.1 Å². The summed E-state index contributed by atoms with van der Waals surface area (Å²) < 4.78 is 0. The van der Waals surface area contributed by atoms with Gasteiger partial charge in [-0.1, -0.05) is 6.92 Å². The number of allylic oxidation sites excluding steroid dienone is 1. The molecule has 0 fully saturated rings. The Labute approximate surface area is 76.5 Å². The predicted octanol–water partition coefficient (Wildman–Crippen LogP) is 1.43. The van der Waals surface area contributed by atoms with E-state index in [4.69, 9.17) is 0 Å². The van der Waals surface area contributed by atoms with Gasteiger partial charge in [0.05, 0.1) is 4.92 Å². The van der Waals surface area contributed by atoms with E-state index >= 15 is 0 Å². The van der Waals surface area contributed by atoms with Gasteiger partial charge in [0.2, 0.25) is 0 Å². The van der Waals surface area contributed by atoms with E-state index in [0.717, 1.165) is 25.1 Å². The SMILES string of the molecule is CC1C=C([N+](=O)[O-])C2=C(CCN2)C1. The maximum Gasteiger partial charge on any atom is 0.288 e. The van der Waals surface area contributed by atoms with Gasteiger partial charge >= 0.3 is 0 Å². The summed E-state index contributed by atoms with van der Waals surface area (Å²) in [4.78, 5) is 10.4. The Morgan fingerprint density at radius 2 is 2.46 bits per heavy atom. The number of hydrogen-bond acceptors (Lipinski definition) is 3. The lowest BCUT2D eigenvalue weighted by atomic mass is 9.92. The van der Waals surface area contributed by atoms with Gasteiger partial charge in [-0.05, 0) is 30.4 Å². The summed E-state index contributed by atoms with van der Waals surface area (Å²) in [5.74, 6) is 0.305. The van der Waals surface area contributed by atoms with Gasteiger partial charge < -0.3 is 5.32 Å². The minimum Gasteiger partial charge on any atom is -0.379 e. The summed E-state index contributed by atoms with van der Waals surface area (Å²) >= 11 is 0. The van der Waals surface area contributed by atoms with Gasteiger partial charge in [-0.15, -0.1) is 0 Å². The Morgan fingerprint density at radius 3 is 3.15 bits per heavy atom. The van der Waals surface area contributed by atoms with Crippen LogP contribution < -0.4 is 5.32 Å². The Balaban J connectivity index is 2.37. The summed E-state index contributed by atoms with van der Waals surface area (Å²) in [7, 11) is 0. The molecule has 1 aliphatic heterocycles. The molecule has 1 heterocycles. The molecule has 0 aromatic carbocycles. The standard InChI is InChI=1S/C9H12N2O2/c1-6-4-7-2-3-10-9(7)8(5-6)11(12)13/h5-6,10H,2-4H2,1H3. The first-order valence-electron chi connectivity index (χ1n) is 4.51. The van der Waals surface area contributed by atoms with Gasteiger partial charge in [-0.3, -0.25) is 10.1 Å². The van der Waals surface area contributed by atoms with Crippen molar-refractivity contribution in [1.82, 2.24) is 5.32 Å². The Morgan fingerprint density at radius 1 is 1.69 bits per heavy atom. The van der Waals surface area contributed by atoms with Crippen LogP contribution >= 0.6 is 0 Å². The minimum absolute atomic E-state index is 0.270. The highest BCUT2D eigenvalue weighted by molar-refractivity contribution is 5.36. The molecule has 0 saturated heterocycles. The third kappa shape index (κ3) is 1.32. The number of rotatable bonds is 1. The Hall–Kier alpha value is -1.32. The summed E-state index contributed by atoms with van der Waals surface area (Å²) in [5, 5.41) is 13.8. The first-order chi connectivity index (χ1) is 6.18. The average molecular weight is 180 g/mol. The first kappa shape index (κ1) is 8.29. The van der Waals surface area contributed by atoms with E-state index in [1.807, 2.05) is 6.92 Å². The van der Waals surface area contributed by atoms with Crippen LogP contribution in [0, 0.1) is 16.0 Å². The molecule has 0 saturated carbocycles. The molecule has 4 heteroatoms. The van der Waals surface area contributed by atoms with Crippen LogP contribution in [0.2, 0.25) is 0 Å². The van der Waals surface area contributed by atoms with Gasteiger partial charge in [-0.25, -0.2) is 0 Å². The van der Waals surface area contributed by atoms with Crippen LogP contribution in [-0.2, 0) is 0 Å². The third-order valence-electron chi connectivity index (χ3n) is 2.55. The normalized spacial score (nSPS) is 26.5. The molecule has 0 spiro atoms. The van der Waals surface area contributed by atoms with Gasteiger partial charge in [0, 0.05) is 6.54 Å². The average Bonchev–Trinajstić information content (AvgIpc) is 2.49. The van der Waals surface area contributed by atoms with Crippen molar-refractivity contribution in [3.05, 3.63) is 33.2 Å². The monoisotopic (exact) mass is 180 g/mol. The highest BCUT2D eigenvalue weighted by Gasteiger charge is 2.30. The Bertz CT molecular complexity index is 318. The van der Waals surface area contributed by atoms with Crippen LogP contribution in [0.15, 0.2) is 23.0 Å². The summed E-state index contributed by atoms with van der Waals surface area (Å²) in [6.45, 7) is 2.87. The van der Waals surface area contributed by atoms with Crippen molar-refractivity contribution >= 4 is 0 Å². The number of nitrogens with zero attached hydrogens (tertiary/aromatic N) is 1. The molecule has 70 valence electrons. The molecule has 1 aliphatic carbocycles. The van der Waals surface area contributed by atoms with E-state index in [0.29, 0.717) is 5.92 Å². The van der Waals surface area contributed by atoms with Crippen LogP contribution in [0.1, 0.15) is 19.8 Å². The number of hydrogen-bond donors (Lipinski definition) is 1. The topological polar surface area (TPSA) is 55.2 Å². The van der Waals surface area contributed by atoms with E-state index in [1.54, 1.807) is 6.08 Å². The van der Waals surface area contributed by atoms with E-state index in [-0.39, 0.29) is 10.6 Å². The van der Waals surface area contributed by atoms with Crippen molar-refractivity contribution in [2.24, 2.45) is 5.92 Å². The molecular formula is C9H12N2O2. The molecule has 0 aromatic heterocycles. The van der Waals surface area contributed by atoms with Gasteiger partial charge in [-0.2, -0.15) is 0 Å². The van der Waals surface area contributed by atoms with E-state index in [2.05, 4.69) is 5.32 Å². The second-order valence-corrected chi connectivity index (χ2v) is 3.65. The van der Waals surface area contributed by atoms with Crippen molar-refractivity contribution in [1.29, 1.82) is 0 Å². The first-order valence-corrected chi connectivity index (χ1v) is 4.51. The zero-order valence-electron chi connectivity index (χ0n) is 7.54. The van der Waals surface area contributed by atoms with E-state index in [1.165, 1.54) is 5.57 Å². The summed E-state index contributed by atoms with van der Waals surface area (Å²) in [6, 6.07) is 0. The molecule has 4 nitrogen and oxygen atoms in total. The lowest BCUT2D eigenvalue weighted by Crippen LogP contribution is -2.17.